The van der Waals surface area contributed by atoms with Crippen LogP contribution in [-0.2, 0) is 6.54 Å². The molecule has 1 rings (SSSR count). The number of methoxy groups -OCH3 is 1. The number of aryl methyl sites for hydroxylation is 1. The zero-order chi connectivity index (χ0) is 12.7. The van der Waals surface area contributed by atoms with Crippen molar-refractivity contribution in [3.05, 3.63) is 29.3 Å². The Hall–Kier alpha value is -0.980. The van der Waals surface area contributed by atoms with E-state index in [1.807, 2.05) is 13.0 Å². The largest absolute Gasteiger partial charge is 0.496 e. The molecule has 0 unspecified atom stereocenters. The van der Waals surface area contributed by atoms with Gasteiger partial charge < -0.3 is 15.4 Å². The number of ether oxygens (including phenoxy) is 1. The fraction of sp³-hybridized carbons (Fsp3) is 0.462. The van der Waals surface area contributed by atoms with E-state index in [0.29, 0.717) is 6.54 Å². The number of nitrogens with zero attached hydrogens (tertiary/aromatic N) is 1. The Morgan fingerprint density at radius 2 is 2.06 bits per heavy atom. The highest BCUT2D eigenvalue weighted by Gasteiger charge is 2.03. The zero-order valence-electron chi connectivity index (χ0n) is 11.4. The van der Waals surface area contributed by atoms with Gasteiger partial charge >= 0.3 is 0 Å². The van der Waals surface area contributed by atoms with Gasteiger partial charge in [-0.2, -0.15) is 0 Å². The van der Waals surface area contributed by atoms with Crippen LogP contribution in [0.15, 0.2) is 23.2 Å². The first-order valence-electron chi connectivity index (χ1n) is 5.79. The first-order chi connectivity index (χ1) is 8.21. The zero-order valence-corrected chi connectivity index (χ0v) is 13.7. The summed E-state index contributed by atoms with van der Waals surface area (Å²) in [5, 5.41) is 6.39. The van der Waals surface area contributed by atoms with Gasteiger partial charge in [0.25, 0.3) is 0 Å². The fourth-order valence-electron chi connectivity index (χ4n) is 1.56. The van der Waals surface area contributed by atoms with Gasteiger partial charge in [0, 0.05) is 25.7 Å². The second-order valence-corrected chi connectivity index (χ2v) is 3.77. The van der Waals surface area contributed by atoms with E-state index in [1.165, 1.54) is 5.56 Å². The van der Waals surface area contributed by atoms with Crippen LogP contribution >= 0.6 is 24.0 Å². The van der Waals surface area contributed by atoms with Crippen LogP contribution in [-0.4, -0.2) is 26.7 Å². The molecular formula is C13H22IN3O. The van der Waals surface area contributed by atoms with Crippen molar-refractivity contribution in [2.45, 2.75) is 20.4 Å². The average Bonchev–Trinajstić information content (AvgIpc) is 2.35. The monoisotopic (exact) mass is 363 g/mol. The van der Waals surface area contributed by atoms with Crippen LogP contribution in [0.4, 0.5) is 0 Å². The Kier molecular flexibility index (Phi) is 8.53. The third kappa shape index (κ3) is 5.12. The summed E-state index contributed by atoms with van der Waals surface area (Å²) < 4.78 is 5.35. The molecule has 102 valence electrons. The number of nitrogens with one attached hydrogen (secondary N) is 2. The molecule has 4 nitrogen and oxygen atoms in total. The van der Waals surface area contributed by atoms with Gasteiger partial charge in [-0.25, -0.2) is 0 Å². The van der Waals surface area contributed by atoms with E-state index in [1.54, 1.807) is 14.2 Å². The maximum atomic E-state index is 5.35. The molecule has 0 saturated carbocycles. The Bertz CT molecular complexity index is 394. The lowest BCUT2D eigenvalue weighted by Crippen LogP contribution is -2.36. The Morgan fingerprint density at radius 3 is 2.61 bits per heavy atom. The molecule has 0 radical (unpaired) electrons. The van der Waals surface area contributed by atoms with Crippen LogP contribution in [0.3, 0.4) is 0 Å². The van der Waals surface area contributed by atoms with E-state index < -0.39 is 0 Å². The maximum Gasteiger partial charge on any atom is 0.191 e. The summed E-state index contributed by atoms with van der Waals surface area (Å²) in [5.41, 5.74) is 2.32. The van der Waals surface area contributed by atoms with E-state index in [2.05, 4.69) is 34.7 Å². The summed E-state index contributed by atoms with van der Waals surface area (Å²) in [6.07, 6.45) is 0. The lowest BCUT2D eigenvalue weighted by molar-refractivity contribution is 0.408. The molecule has 0 aromatic heterocycles. The van der Waals surface area contributed by atoms with Gasteiger partial charge in [-0.15, -0.1) is 24.0 Å². The molecule has 1 aromatic carbocycles. The summed E-state index contributed by atoms with van der Waals surface area (Å²) in [6.45, 7) is 5.64. The summed E-state index contributed by atoms with van der Waals surface area (Å²) in [4.78, 5) is 4.12. The van der Waals surface area contributed by atoms with Gasteiger partial charge in [-0.1, -0.05) is 12.1 Å². The number of hydrogen-bond donors (Lipinski definition) is 2. The molecule has 0 aliphatic carbocycles. The molecule has 0 amide bonds. The lowest BCUT2D eigenvalue weighted by atomic mass is 10.1. The molecule has 5 heteroatoms. The number of benzene rings is 1. The highest BCUT2D eigenvalue weighted by Crippen LogP contribution is 2.19. The summed E-state index contributed by atoms with van der Waals surface area (Å²) in [5.74, 6) is 1.71. The van der Waals surface area contributed by atoms with Crippen molar-refractivity contribution >= 4 is 29.9 Å². The molecule has 1 aromatic rings. The third-order valence-electron chi connectivity index (χ3n) is 2.46. The molecular weight excluding hydrogens is 341 g/mol. The topological polar surface area (TPSA) is 45.7 Å². The molecule has 0 bridgehead atoms. The van der Waals surface area contributed by atoms with Gasteiger partial charge in [-0.05, 0) is 25.5 Å². The van der Waals surface area contributed by atoms with Gasteiger partial charge in [0.2, 0.25) is 0 Å². The van der Waals surface area contributed by atoms with E-state index in [-0.39, 0.29) is 24.0 Å². The van der Waals surface area contributed by atoms with Crippen molar-refractivity contribution < 1.29 is 4.74 Å². The van der Waals surface area contributed by atoms with Crippen molar-refractivity contribution in [2.75, 3.05) is 20.7 Å². The molecule has 0 heterocycles. The Labute approximate surface area is 126 Å². The van der Waals surface area contributed by atoms with Crippen LogP contribution in [0.1, 0.15) is 18.1 Å². The SMILES string of the molecule is CCNC(=NC)NCc1ccc(C)cc1OC.I. The second kappa shape index (κ2) is 9.02. The van der Waals surface area contributed by atoms with E-state index in [0.717, 1.165) is 23.8 Å². The number of halogens is 1. The standard InChI is InChI=1S/C13H21N3O.HI/c1-5-15-13(14-3)16-9-11-7-6-10(2)8-12(11)17-4;/h6-8H,5,9H2,1-4H3,(H2,14,15,16);1H. The number of hydrogen-bond acceptors (Lipinski definition) is 2. The predicted molar refractivity (Wildman–Crippen MR) is 87.0 cm³/mol. The number of rotatable bonds is 4. The highest BCUT2D eigenvalue weighted by atomic mass is 127. The third-order valence-corrected chi connectivity index (χ3v) is 2.46. The van der Waals surface area contributed by atoms with Crippen LogP contribution < -0.4 is 15.4 Å². The molecule has 2 N–H and O–H groups in total. The predicted octanol–water partition coefficient (Wildman–Crippen LogP) is 2.31. The first-order valence-corrected chi connectivity index (χ1v) is 5.79. The van der Waals surface area contributed by atoms with E-state index in [9.17, 15) is 0 Å². The minimum atomic E-state index is 0. The summed E-state index contributed by atoms with van der Waals surface area (Å²) >= 11 is 0. The van der Waals surface area contributed by atoms with E-state index in [4.69, 9.17) is 4.74 Å². The minimum Gasteiger partial charge on any atom is -0.496 e. The first kappa shape index (κ1) is 17.0. The molecule has 0 aliphatic rings. The maximum absolute atomic E-state index is 5.35. The fourth-order valence-corrected chi connectivity index (χ4v) is 1.56. The minimum absolute atomic E-state index is 0. The van der Waals surface area contributed by atoms with Crippen molar-refractivity contribution in [1.29, 1.82) is 0 Å². The van der Waals surface area contributed by atoms with Crippen molar-refractivity contribution in [3.63, 3.8) is 0 Å². The molecule has 0 atom stereocenters. The van der Waals surface area contributed by atoms with Gasteiger partial charge in [0.1, 0.15) is 5.75 Å². The molecule has 0 fully saturated rings. The quantitative estimate of drug-likeness (QED) is 0.490. The Balaban J connectivity index is 0.00000289. The van der Waals surface area contributed by atoms with Crippen molar-refractivity contribution in [1.82, 2.24) is 10.6 Å². The summed E-state index contributed by atoms with van der Waals surface area (Å²) in [7, 11) is 3.45. The van der Waals surface area contributed by atoms with E-state index >= 15 is 0 Å². The van der Waals surface area contributed by atoms with Gasteiger partial charge in [0.05, 0.1) is 7.11 Å². The number of guanidine groups is 1. The number of aliphatic imine (C=N–C) groups is 1. The van der Waals surface area contributed by atoms with Crippen LogP contribution in [0, 0.1) is 6.92 Å². The normalized spacial score (nSPS) is 10.6. The average molecular weight is 363 g/mol. The van der Waals surface area contributed by atoms with Crippen LogP contribution in [0.25, 0.3) is 0 Å². The smallest absolute Gasteiger partial charge is 0.191 e. The van der Waals surface area contributed by atoms with Crippen LogP contribution in [0.5, 0.6) is 5.75 Å². The highest BCUT2D eigenvalue weighted by molar-refractivity contribution is 14.0. The van der Waals surface area contributed by atoms with Crippen molar-refractivity contribution in [3.8, 4) is 5.75 Å². The lowest BCUT2D eigenvalue weighted by Gasteiger charge is -2.13. The molecule has 0 aliphatic heterocycles. The van der Waals surface area contributed by atoms with Gasteiger partial charge in [0.15, 0.2) is 5.96 Å². The Morgan fingerprint density at radius 1 is 1.33 bits per heavy atom. The van der Waals surface area contributed by atoms with Gasteiger partial charge in [-0.3, -0.25) is 4.99 Å². The summed E-state index contributed by atoms with van der Waals surface area (Å²) in [6, 6.07) is 6.18. The van der Waals surface area contributed by atoms with Crippen molar-refractivity contribution in [2.24, 2.45) is 4.99 Å². The second-order valence-electron chi connectivity index (χ2n) is 3.77. The molecule has 0 saturated heterocycles. The van der Waals surface area contributed by atoms with Crippen LogP contribution in [0.2, 0.25) is 0 Å². The molecule has 0 spiro atoms. The molecule has 18 heavy (non-hydrogen) atoms.